The fourth-order valence-corrected chi connectivity index (χ4v) is 3.34. The lowest BCUT2D eigenvalue weighted by atomic mass is 10.1. The maximum absolute atomic E-state index is 13.7. The molecular weight excluding hydrogens is 409 g/mol. The number of thiocarbonyl (C=S) groups is 1. The molecule has 0 aliphatic heterocycles. The molecule has 0 radical (unpaired) electrons. The van der Waals surface area contributed by atoms with E-state index in [1.807, 2.05) is 31.2 Å². The van der Waals surface area contributed by atoms with Gasteiger partial charge in [-0.1, -0.05) is 41.9 Å². The largest absolute Gasteiger partial charge is 0.356 e. The number of halogens is 2. The molecule has 7 heteroatoms. The van der Waals surface area contributed by atoms with Crippen LogP contribution in [0, 0.1) is 5.82 Å². The zero-order chi connectivity index (χ0) is 20.8. The Bertz CT molecular complexity index is 1030. The summed E-state index contributed by atoms with van der Waals surface area (Å²) in [6.45, 7) is 1.97. The van der Waals surface area contributed by atoms with Crippen LogP contribution in [0.2, 0.25) is 5.02 Å². The van der Waals surface area contributed by atoms with E-state index in [-0.39, 0.29) is 11.6 Å². The van der Waals surface area contributed by atoms with E-state index in [0.29, 0.717) is 15.8 Å². The number of hydrogen-bond acceptors (Lipinski definition) is 2. The van der Waals surface area contributed by atoms with Crippen molar-refractivity contribution in [2.24, 2.45) is 0 Å². The second-order valence-electron chi connectivity index (χ2n) is 6.35. The Labute approximate surface area is 179 Å². The third-order valence-electron chi connectivity index (χ3n) is 4.24. The van der Waals surface area contributed by atoms with Gasteiger partial charge in [0.2, 0.25) is 0 Å². The first kappa shape index (κ1) is 20.8. The number of rotatable bonds is 5. The maximum atomic E-state index is 13.7. The van der Waals surface area contributed by atoms with Crippen LogP contribution in [0.4, 0.5) is 15.8 Å². The van der Waals surface area contributed by atoms with E-state index >= 15 is 0 Å². The Morgan fingerprint density at radius 3 is 2.17 bits per heavy atom. The summed E-state index contributed by atoms with van der Waals surface area (Å²) in [6.07, 6.45) is 0. The number of anilines is 2. The summed E-state index contributed by atoms with van der Waals surface area (Å²) in [5, 5.41) is 10.1. The topological polar surface area (TPSA) is 53.2 Å². The fourth-order valence-electron chi connectivity index (χ4n) is 2.75. The normalized spacial score (nSPS) is 11.4. The lowest BCUT2D eigenvalue weighted by Gasteiger charge is -2.18. The lowest BCUT2D eigenvalue weighted by molar-refractivity contribution is 0.102. The van der Waals surface area contributed by atoms with Crippen molar-refractivity contribution in [3.8, 4) is 0 Å². The first-order valence-corrected chi connectivity index (χ1v) is 9.70. The van der Waals surface area contributed by atoms with Gasteiger partial charge in [-0.2, -0.15) is 0 Å². The smallest absolute Gasteiger partial charge is 0.258 e. The minimum absolute atomic E-state index is 0.00589. The molecule has 0 aromatic heterocycles. The van der Waals surface area contributed by atoms with Gasteiger partial charge in [0.05, 0.1) is 11.6 Å². The summed E-state index contributed by atoms with van der Waals surface area (Å²) in [7, 11) is 0. The predicted octanol–water partition coefficient (Wildman–Crippen LogP) is 5.78. The molecule has 3 rings (SSSR count). The van der Waals surface area contributed by atoms with Crippen LogP contribution in [0.3, 0.4) is 0 Å². The van der Waals surface area contributed by atoms with Crippen molar-refractivity contribution in [2.45, 2.75) is 13.0 Å². The van der Waals surface area contributed by atoms with Crippen molar-refractivity contribution in [3.63, 3.8) is 0 Å². The highest BCUT2D eigenvalue weighted by Gasteiger charge is 2.12. The summed E-state index contributed by atoms with van der Waals surface area (Å²) >= 11 is 11.6. The summed E-state index contributed by atoms with van der Waals surface area (Å²) in [4.78, 5) is 12.2. The average Bonchev–Trinajstić information content (AvgIpc) is 2.70. The van der Waals surface area contributed by atoms with Crippen LogP contribution in [0.15, 0.2) is 72.8 Å². The second kappa shape index (κ2) is 9.49. The molecule has 0 fully saturated rings. The Morgan fingerprint density at radius 2 is 1.52 bits per heavy atom. The molecule has 4 nitrogen and oxygen atoms in total. The lowest BCUT2D eigenvalue weighted by Crippen LogP contribution is -2.31. The highest BCUT2D eigenvalue weighted by molar-refractivity contribution is 7.80. The van der Waals surface area contributed by atoms with Crippen LogP contribution in [-0.4, -0.2) is 11.0 Å². The SMILES string of the molecule is CC(NC(=S)Nc1ccc(NC(=O)c2ccccc2F)cc1)c1ccccc1Cl. The maximum Gasteiger partial charge on any atom is 0.258 e. The zero-order valence-corrected chi connectivity index (χ0v) is 17.2. The third-order valence-corrected chi connectivity index (χ3v) is 4.80. The monoisotopic (exact) mass is 427 g/mol. The molecule has 0 saturated carbocycles. The summed E-state index contributed by atoms with van der Waals surface area (Å²) in [5.74, 6) is -1.07. The molecular formula is C22H19ClFN3OS. The van der Waals surface area contributed by atoms with Crippen molar-refractivity contribution in [2.75, 3.05) is 10.6 Å². The van der Waals surface area contributed by atoms with E-state index in [4.69, 9.17) is 23.8 Å². The number of hydrogen-bond donors (Lipinski definition) is 3. The van der Waals surface area contributed by atoms with Crippen molar-refractivity contribution in [1.82, 2.24) is 5.32 Å². The van der Waals surface area contributed by atoms with Crippen LogP contribution in [0.5, 0.6) is 0 Å². The van der Waals surface area contributed by atoms with Gasteiger partial charge in [-0.15, -0.1) is 0 Å². The van der Waals surface area contributed by atoms with E-state index < -0.39 is 11.7 Å². The Hall–Kier alpha value is -2.96. The summed E-state index contributed by atoms with van der Waals surface area (Å²) in [5.41, 5.74) is 2.24. The fraction of sp³-hybridized carbons (Fsp3) is 0.0909. The molecule has 1 atom stereocenters. The summed E-state index contributed by atoms with van der Waals surface area (Å²) < 4.78 is 13.7. The van der Waals surface area contributed by atoms with Gasteiger partial charge in [0, 0.05) is 16.4 Å². The van der Waals surface area contributed by atoms with Crippen molar-refractivity contribution >= 4 is 46.2 Å². The van der Waals surface area contributed by atoms with Crippen LogP contribution >= 0.6 is 23.8 Å². The van der Waals surface area contributed by atoms with Gasteiger partial charge in [-0.25, -0.2) is 4.39 Å². The van der Waals surface area contributed by atoms with E-state index in [9.17, 15) is 9.18 Å². The van der Waals surface area contributed by atoms with Crippen molar-refractivity contribution < 1.29 is 9.18 Å². The molecule has 3 aromatic carbocycles. The zero-order valence-electron chi connectivity index (χ0n) is 15.6. The van der Waals surface area contributed by atoms with E-state index in [1.165, 1.54) is 18.2 Å². The highest BCUT2D eigenvalue weighted by atomic mass is 35.5. The first-order valence-electron chi connectivity index (χ1n) is 8.92. The quantitative estimate of drug-likeness (QED) is 0.452. The first-order chi connectivity index (χ1) is 13.9. The molecule has 3 aromatic rings. The van der Waals surface area contributed by atoms with Gasteiger partial charge >= 0.3 is 0 Å². The molecule has 0 spiro atoms. The number of nitrogens with one attached hydrogen (secondary N) is 3. The average molecular weight is 428 g/mol. The predicted molar refractivity (Wildman–Crippen MR) is 120 cm³/mol. The van der Waals surface area contributed by atoms with Gasteiger partial charge < -0.3 is 16.0 Å². The van der Waals surface area contributed by atoms with Gasteiger partial charge in [-0.3, -0.25) is 4.79 Å². The second-order valence-corrected chi connectivity index (χ2v) is 7.17. The third kappa shape index (κ3) is 5.53. The summed E-state index contributed by atoms with van der Waals surface area (Å²) in [6, 6.07) is 20.3. The van der Waals surface area contributed by atoms with Gasteiger partial charge in [0.15, 0.2) is 5.11 Å². The van der Waals surface area contributed by atoms with Crippen LogP contribution in [0.25, 0.3) is 0 Å². The minimum Gasteiger partial charge on any atom is -0.356 e. The molecule has 0 aliphatic carbocycles. The van der Waals surface area contributed by atoms with Gasteiger partial charge in [-0.05, 0) is 67.2 Å². The van der Waals surface area contributed by atoms with Crippen LogP contribution in [-0.2, 0) is 0 Å². The van der Waals surface area contributed by atoms with E-state index in [1.54, 1.807) is 30.3 Å². The van der Waals surface area contributed by atoms with Crippen molar-refractivity contribution in [3.05, 3.63) is 94.8 Å². The number of carbonyl (C=O) groups is 1. The molecule has 0 bridgehead atoms. The molecule has 1 amide bonds. The highest BCUT2D eigenvalue weighted by Crippen LogP contribution is 2.22. The van der Waals surface area contributed by atoms with Crippen LogP contribution < -0.4 is 16.0 Å². The molecule has 1 unspecified atom stereocenters. The van der Waals surface area contributed by atoms with Crippen molar-refractivity contribution in [1.29, 1.82) is 0 Å². The molecule has 148 valence electrons. The molecule has 0 heterocycles. The number of carbonyl (C=O) groups excluding carboxylic acids is 1. The van der Waals surface area contributed by atoms with Gasteiger partial charge in [0.1, 0.15) is 5.82 Å². The Kier molecular flexibility index (Phi) is 6.80. The molecule has 0 aliphatic rings. The van der Waals surface area contributed by atoms with Crippen LogP contribution in [0.1, 0.15) is 28.9 Å². The Balaban J connectivity index is 1.57. The standard InChI is InChI=1S/C22H19ClFN3OS/c1-14(17-6-2-4-8-19(17)23)25-22(29)27-16-12-10-15(11-13-16)26-21(28)18-7-3-5-9-20(18)24/h2-14H,1H3,(H,26,28)(H2,25,27,29). The number of amides is 1. The molecule has 0 saturated heterocycles. The van der Waals surface area contributed by atoms with E-state index in [2.05, 4.69) is 16.0 Å². The van der Waals surface area contributed by atoms with Gasteiger partial charge in [0.25, 0.3) is 5.91 Å². The number of benzene rings is 3. The molecule has 3 N–H and O–H groups in total. The van der Waals surface area contributed by atoms with E-state index in [0.717, 1.165) is 11.3 Å². The molecule has 29 heavy (non-hydrogen) atoms. The minimum atomic E-state index is -0.563. The Morgan fingerprint density at radius 1 is 0.931 bits per heavy atom.